The number of hydrogen-bond acceptors (Lipinski definition) is 4. The van der Waals surface area contributed by atoms with Crippen molar-refractivity contribution in [2.75, 3.05) is 13.2 Å². The smallest absolute Gasteiger partial charge is 0.305 e. The van der Waals surface area contributed by atoms with Gasteiger partial charge in [-0.05, 0) is 25.7 Å². The summed E-state index contributed by atoms with van der Waals surface area (Å²) in [6.07, 6.45) is 45.0. The maximum Gasteiger partial charge on any atom is 0.305 e. The van der Waals surface area contributed by atoms with Crippen LogP contribution in [0.5, 0.6) is 0 Å². The van der Waals surface area contributed by atoms with Crippen molar-refractivity contribution in [3.63, 3.8) is 0 Å². The third-order valence-electron chi connectivity index (χ3n) is 9.53. The molecule has 4 heteroatoms. The van der Waals surface area contributed by atoms with E-state index in [4.69, 9.17) is 9.47 Å². The molecule has 0 rings (SSSR count). The highest BCUT2D eigenvalue weighted by atomic mass is 16.5. The van der Waals surface area contributed by atoms with Gasteiger partial charge in [0.05, 0.1) is 13.2 Å². The number of ether oxygens (including phenoxy) is 2. The van der Waals surface area contributed by atoms with E-state index < -0.39 is 0 Å². The van der Waals surface area contributed by atoms with Gasteiger partial charge in [0, 0.05) is 12.8 Å². The van der Waals surface area contributed by atoms with E-state index in [0.717, 1.165) is 25.7 Å². The Kier molecular flexibility index (Phi) is 39.2. The van der Waals surface area contributed by atoms with Gasteiger partial charge in [0.2, 0.25) is 0 Å². The first kappa shape index (κ1) is 44.9. The van der Waals surface area contributed by atoms with Gasteiger partial charge in [0.15, 0.2) is 0 Å². The standard InChI is InChI=1S/C42H82O4/c1-3-5-7-9-11-27-31-35-39-45-41(43)37-33-29-25-23-21-19-17-15-13-14-16-18-20-22-24-26-30-34-38-42(44)46-40-36-32-28-12-10-8-6-4-2/h3-40H2,1-2H3. The number of unbranched alkanes of at least 4 members (excludes halogenated alkanes) is 31. The van der Waals surface area contributed by atoms with E-state index >= 15 is 0 Å². The van der Waals surface area contributed by atoms with E-state index in [-0.39, 0.29) is 11.9 Å². The number of esters is 2. The second kappa shape index (κ2) is 40.1. The maximum absolute atomic E-state index is 11.9. The minimum atomic E-state index is 0.0119. The molecule has 0 bridgehead atoms. The highest BCUT2D eigenvalue weighted by molar-refractivity contribution is 5.69. The average molecular weight is 651 g/mol. The van der Waals surface area contributed by atoms with E-state index in [1.165, 1.54) is 193 Å². The first-order valence-electron chi connectivity index (χ1n) is 21.0. The molecule has 0 aliphatic carbocycles. The van der Waals surface area contributed by atoms with Gasteiger partial charge in [-0.3, -0.25) is 9.59 Å². The van der Waals surface area contributed by atoms with E-state index in [1.54, 1.807) is 0 Å². The quantitative estimate of drug-likeness (QED) is 0.0490. The predicted octanol–water partition coefficient (Wildman–Crippen LogP) is 14.2. The zero-order valence-electron chi connectivity index (χ0n) is 31.5. The fourth-order valence-electron chi connectivity index (χ4n) is 6.36. The lowest BCUT2D eigenvalue weighted by Crippen LogP contribution is -2.05. The Bertz CT molecular complexity index is 552. The molecule has 0 aromatic carbocycles. The molecule has 0 saturated heterocycles. The van der Waals surface area contributed by atoms with Crippen LogP contribution in [0.15, 0.2) is 0 Å². The fourth-order valence-corrected chi connectivity index (χ4v) is 6.36. The lowest BCUT2D eigenvalue weighted by Gasteiger charge is -2.06. The minimum absolute atomic E-state index is 0.0119. The highest BCUT2D eigenvalue weighted by Crippen LogP contribution is 2.16. The zero-order chi connectivity index (χ0) is 33.4. The van der Waals surface area contributed by atoms with Gasteiger partial charge in [-0.25, -0.2) is 0 Å². The summed E-state index contributed by atoms with van der Waals surface area (Å²) in [7, 11) is 0. The Morgan fingerprint density at radius 2 is 0.478 bits per heavy atom. The first-order chi connectivity index (χ1) is 22.7. The Labute approximate surface area is 288 Å². The van der Waals surface area contributed by atoms with Crippen molar-refractivity contribution in [2.45, 2.75) is 245 Å². The second-order valence-electron chi connectivity index (χ2n) is 14.3. The van der Waals surface area contributed by atoms with Crippen LogP contribution in [0.4, 0.5) is 0 Å². The lowest BCUT2D eigenvalue weighted by molar-refractivity contribution is -0.144. The van der Waals surface area contributed by atoms with Crippen LogP contribution in [0.1, 0.15) is 245 Å². The third-order valence-corrected chi connectivity index (χ3v) is 9.53. The predicted molar refractivity (Wildman–Crippen MR) is 199 cm³/mol. The van der Waals surface area contributed by atoms with Crippen molar-refractivity contribution in [3.8, 4) is 0 Å². The van der Waals surface area contributed by atoms with Crippen molar-refractivity contribution in [1.82, 2.24) is 0 Å². The molecule has 0 aromatic heterocycles. The topological polar surface area (TPSA) is 52.6 Å². The monoisotopic (exact) mass is 651 g/mol. The molecule has 0 N–H and O–H groups in total. The number of hydrogen-bond donors (Lipinski definition) is 0. The lowest BCUT2D eigenvalue weighted by atomic mass is 10.0. The molecule has 274 valence electrons. The third kappa shape index (κ3) is 39.1. The minimum Gasteiger partial charge on any atom is -0.466 e. The number of rotatable bonds is 39. The van der Waals surface area contributed by atoms with Crippen molar-refractivity contribution in [2.24, 2.45) is 0 Å². The van der Waals surface area contributed by atoms with Crippen LogP contribution in [0, 0.1) is 0 Å². The molecule has 0 aromatic rings. The summed E-state index contributed by atoms with van der Waals surface area (Å²) in [5.74, 6) is 0.0237. The van der Waals surface area contributed by atoms with Gasteiger partial charge in [-0.1, -0.05) is 206 Å². The van der Waals surface area contributed by atoms with Gasteiger partial charge in [0.1, 0.15) is 0 Å². The van der Waals surface area contributed by atoms with Crippen LogP contribution in [-0.4, -0.2) is 25.2 Å². The highest BCUT2D eigenvalue weighted by Gasteiger charge is 2.04. The summed E-state index contributed by atoms with van der Waals surface area (Å²) >= 11 is 0. The van der Waals surface area contributed by atoms with E-state index in [0.29, 0.717) is 26.1 Å². The molecule has 0 aliphatic rings. The molecule has 0 saturated carbocycles. The number of carbonyl (C=O) groups is 2. The van der Waals surface area contributed by atoms with Crippen molar-refractivity contribution in [1.29, 1.82) is 0 Å². The van der Waals surface area contributed by atoms with Gasteiger partial charge in [0.25, 0.3) is 0 Å². The molecule has 0 radical (unpaired) electrons. The van der Waals surface area contributed by atoms with Crippen molar-refractivity contribution < 1.29 is 19.1 Å². The molecule has 46 heavy (non-hydrogen) atoms. The Morgan fingerprint density at radius 1 is 0.283 bits per heavy atom. The summed E-state index contributed by atoms with van der Waals surface area (Å²) in [6, 6.07) is 0. The largest absolute Gasteiger partial charge is 0.466 e. The number of carbonyl (C=O) groups excluding carboxylic acids is 2. The molecule has 0 unspecified atom stereocenters. The summed E-state index contributed by atoms with van der Waals surface area (Å²) in [5.41, 5.74) is 0. The second-order valence-corrected chi connectivity index (χ2v) is 14.3. The van der Waals surface area contributed by atoms with Gasteiger partial charge in [-0.2, -0.15) is 0 Å². The van der Waals surface area contributed by atoms with Crippen LogP contribution in [0.25, 0.3) is 0 Å². The first-order valence-corrected chi connectivity index (χ1v) is 21.0. The molecule has 0 atom stereocenters. The van der Waals surface area contributed by atoms with Crippen molar-refractivity contribution in [3.05, 3.63) is 0 Å². The summed E-state index contributed by atoms with van der Waals surface area (Å²) < 4.78 is 10.8. The Morgan fingerprint density at radius 3 is 0.717 bits per heavy atom. The molecular formula is C42H82O4. The van der Waals surface area contributed by atoms with E-state index in [2.05, 4.69) is 13.8 Å². The van der Waals surface area contributed by atoms with Crippen LogP contribution in [0.3, 0.4) is 0 Å². The van der Waals surface area contributed by atoms with Gasteiger partial charge < -0.3 is 9.47 Å². The van der Waals surface area contributed by atoms with Crippen LogP contribution in [0.2, 0.25) is 0 Å². The van der Waals surface area contributed by atoms with Crippen LogP contribution < -0.4 is 0 Å². The van der Waals surface area contributed by atoms with E-state index in [1.807, 2.05) is 0 Å². The van der Waals surface area contributed by atoms with Crippen LogP contribution >= 0.6 is 0 Å². The summed E-state index contributed by atoms with van der Waals surface area (Å²) in [5, 5.41) is 0. The molecule has 0 spiro atoms. The molecular weight excluding hydrogens is 568 g/mol. The van der Waals surface area contributed by atoms with Crippen molar-refractivity contribution >= 4 is 11.9 Å². The molecule has 0 aliphatic heterocycles. The zero-order valence-corrected chi connectivity index (χ0v) is 31.5. The summed E-state index contributed by atoms with van der Waals surface area (Å²) in [4.78, 5) is 23.8. The maximum atomic E-state index is 11.9. The Hall–Kier alpha value is -1.06. The molecule has 0 heterocycles. The van der Waals surface area contributed by atoms with Gasteiger partial charge >= 0.3 is 11.9 Å². The molecule has 0 fully saturated rings. The molecule has 4 nitrogen and oxygen atoms in total. The normalized spacial score (nSPS) is 11.3. The van der Waals surface area contributed by atoms with Gasteiger partial charge in [-0.15, -0.1) is 0 Å². The average Bonchev–Trinajstić information content (AvgIpc) is 3.05. The van der Waals surface area contributed by atoms with E-state index in [9.17, 15) is 9.59 Å². The summed E-state index contributed by atoms with van der Waals surface area (Å²) in [6.45, 7) is 5.76. The SMILES string of the molecule is CCCCCCCCCCOC(=O)CCCCCCCCCCCCCCCCCCCCC(=O)OCCCCCCCCCC. The Balaban J connectivity index is 3.18. The fraction of sp³-hybridized carbons (Fsp3) is 0.952. The molecule has 0 amide bonds. The van der Waals surface area contributed by atoms with Crippen LogP contribution in [-0.2, 0) is 19.1 Å².